The van der Waals surface area contributed by atoms with E-state index in [0.29, 0.717) is 6.04 Å². The predicted molar refractivity (Wildman–Crippen MR) is 69.5 cm³/mol. The first-order chi connectivity index (χ1) is 8.54. The highest BCUT2D eigenvalue weighted by atomic mass is 16.4. The van der Waals surface area contributed by atoms with E-state index in [9.17, 15) is 9.59 Å². The Morgan fingerprint density at radius 2 is 2.17 bits per heavy atom. The van der Waals surface area contributed by atoms with Crippen molar-refractivity contribution in [3.8, 4) is 0 Å². The third-order valence-electron chi connectivity index (χ3n) is 3.36. The molecule has 1 aliphatic rings. The number of nitrogens with zero attached hydrogens (tertiary/aromatic N) is 1. The van der Waals surface area contributed by atoms with Gasteiger partial charge in [-0.25, -0.2) is 4.79 Å². The third kappa shape index (κ3) is 4.55. The molecule has 1 rings (SSSR count). The Balaban J connectivity index is 2.49. The Hall–Kier alpha value is -1.26. The van der Waals surface area contributed by atoms with Crippen molar-refractivity contribution in [2.45, 2.75) is 64.5 Å². The van der Waals surface area contributed by atoms with E-state index in [1.54, 1.807) is 6.92 Å². The molecule has 0 spiro atoms. The Morgan fingerprint density at radius 3 is 2.78 bits per heavy atom. The van der Waals surface area contributed by atoms with Crippen molar-refractivity contribution in [1.82, 2.24) is 10.2 Å². The van der Waals surface area contributed by atoms with Crippen molar-refractivity contribution >= 4 is 12.0 Å². The Morgan fingerprint density at radius 1 is 1.44 bits per heavy atom. The highest BCUT2D eigenvalue weighted by Gasteiger charge is 2.26. The largest absolute Gasteiger partial charge is 0.481 e. The van der Waals surface area contributed by atoms with Crippen molar-refractivity contribution in [3.05, 3.63) is 0 Å². The number of piperidine rings is 1. The monoisotopic (exact) mass is 256 g/mol. The standard InChI is InChI=1S/C13H24N2O3/c1-3-6-11-7-4-5-8-15(11)13(18)14-10(2)9-12(16)17/h10-11H,3-9H2,1-2H3,(H,14,18)(H,16,17). The van der Waals surface area contributed by atoms with Crippen LogP contribution in [0.2, 0.25) is 0 Å². The number of amides is 2. The van der Waals surface area contributed by atoms with Gasteiger partial charge in [-0.2, -0.15) is 0 Å². The Labute approximate surface area is 109 Å². The average Bonchev–Trinajstić information content (AvgIpc) is 2.28. The zero-order chi connectivity index (χ0) is 13.5. The lowest BCUT2D eigenvalue weighted by atomic mass is 9.99. The fraction of sp³-hybridized carbons (Fsp3) is 0.846. The molecule has 2 amide bonds. The second-order valence-corrected chi connectivity index (χ2v) is 5.08. The molecule has 18 heavy (non-hydrogen) atoms. The van der Waals surface area contributed by atoms with Gasteiger partial charge in [0, 0.05) is 18.6 Å². The van der Waals surface area contributed by atoms with Gasteiger partial charge in [0.05, 0.1) is 6.42 Å². The van der Waals surface area contributed by atoms with E-state index < -0.39 is 5.97 Å². The summed E-state index contributed by atoms with van der Waals surface area (Å²) in [6, 6.07) is -0.109. The van der Waals surface area contributed by atoms with Crippen LogP contribution in [0.3, 0.4) is 0 Å². The van der Waals surface area contributed by atoms with Crippen LogP contribution in [-0.2, 0) is 4.79 Å². The topological polar surface area (TPSA) is 69.6 Å². The van der Waals surface area contributed by atoms with E-state index in [4.69, 9.17) is 5.11 Å². The molecule has 104 valence electrons. The van der Waals surface area contributed by atoms with Crippen molar-refractivity contribution in [3.63, 3.8) is 0 Å². The number of carboxylic acid groups (broad SMARTS) is 1. The molecule has 0 aromatic rings. The number of carboxylic acids is 1. The first-order valence-corrected chi connectivity index (χ1v) is 6.83. The summed E-state index contributed by atoms with van der Waals surface area (Å²) in [6.07, 6.45) is 5.35. The highest BCUT2D eigenvalue weighted by molar-refractivity contribution is 5.76. The van der Waals surface area contributed by atoms with Crippen molar-refractivity contribution in [2.24, 2.45) is 0 Å². The summed E-state index contributed by atoms with van der Waals surface area (Å²) in [5.41, 5.74) is 0. The van der Waals surface area contributed by atoms with Crippen molar-refractivity contribution in [1.29, 1.82) is 0 Å². The van der Waals surface area contributed by atoms with Crippen LogP contribution < -0.4 is 5.32 Å². The van der Waals surface area contributed by atoms with E-state index in [2.05, 4.69) is 12.2 Å². The van der Waals surface area contributed by atoms with Crippen LogP contribution >= 0.6 is 0 Å². The second kappa shape index (κ2) is 7.24. The second-order valence-electron chi connectivity index (χ2n) is 5.08. The van der Waals surface area contributed by atoms with Gasteiger partial charge in [-0.1, -0.05) is 13.3 Å². The molecule has 2 unspecified atom stereocenters. The minimum Gasteiger partial charge on any atom is -0.481 e. The zero-order valence-corrected chi connectivity index (χ0v) is 11.3. The Bertz CT molecular complexity index is 292. The molecule has 1 saturated heterocycles. The molecule has 0 aromatic carbocycles. The molecule has 0 radical (unpaired) electrons. The molecule has 5 nitrogen and oxygen atoms in total. The molecule has 1 heterocycles. The summed E-state index contributed by atoms with van der Waals surface area (Å²) < 4.78 is 0. The van der Waals surface area contributed by atoms with Gasteiger partial charge < -0.3 is 15.3 Å². The predicted octanol–water partition coefficient (Wildman–Crippen LogP) is 2.21. The van der Waals surface area contributed by atoms with Gasteiger partial charge in [0.15, 0.2) is 0 Å². The summed E-state index contributed by atoms with van der Waals surface area (Å²) in [5, 5.41) is 11.5. The summed E-state index contributed by atoms with van der Waals surface area (Å²) in [5.74, 6) is -0.883. The molecule has 1 aliphatic heterocycles. The molecule has 0 bridgehead atoms. The first-order valence-electron chi connectivity index (χ1n) is 6.83. The molecule has 1 fully saturated rings. The normalized spacial score (nSPS) is 21.4. The summed E-state index contributed by atoms with van der Waals surface area (Å²) in [7, 11) is 0. The number of carbonyl (C=O) groups is 2. The Kier molecular flexibility index (Phi) is 5.95. The van der Waals surface area contributed by atoms with Gasteiger partial charge in [0.1, 0.15) is 0 Å². The number of nitrogens with one attached hydrogen (secondary N) is 1. The fourth-order valence-corrected chi connectivity index (χ4v) is 2.51. The molecule has 2 atom stereocenters. The SMILES string of the molecule is CCCC1CCCCN1C(=O)NC(C)CC(=O)O. The van der Waals surface area contributed by atoms with Gasteiger partial charge >= 0.3 is 12.0 Å². The van der Waals surface area contributed by atoms with Gasteiger partial charge in [0.2, 0.25) is 0 Å². The van der Waals surface area contributed by atoms with Gasteiger partial charge in [-0.15, -0.1) is 0 Å². The zero-order valence-electron chi connectivity index (χ0n) is 11.3. The molecular weight excluding hydrogens is 232 g/mol. The lowest BCUT2D eigenvalue weighted by Crippen LogP contribution is -2.51. The molecular formula is C13H24N2O3. The maximum absolute atomic E-state index is 12.1. The molecule has 0 saturated carbocycles. The number of hydrogen-bond donors (Lipinski definition) is 2. The quantitative estimate of drug-likeness (QED) is 0.792. The van der Waals surface area contributed by atoms with E-state index in [0.717, 1.165) is 32.2 Å². The van der Waals surface area contributed by atoms with Gasteiger partial charge in [-0.05, 0) is 32.6 Å². The van der Waals surface area contributed by atoms with Gasteiger partial charge in [0.25, 0.3) is 0 Å². The van der Waals surface area contributed by atoms with Crippen LogP contribution in [0.25, 0.3) is 0 Å². The summed E-state index contributed by atoms with van der Waals surface area (Å²) in [4.78, 5) is 24.5. The lowest BCUT2D eigenvalue weighted by Gasteiger charge is -2.36. The van der Waals surface area contributed by atoms with Crippen molar-refractivity contribution in [2.75, 3.05) is 6.54 Å². The smallest absolute Gasteiger partial charge is 0.317 e. The van der Waals surface area contributed by atoms with Crippen LogP contribution in [0.15, 0.2) is 0 Å². The van der Waals surface area contributed by atoms with E-state index in [1.807, 2.05) is 4.90 Å². The van der Waals surface area contributed by atoms with Crippen molar-refractivity contribution < 1.29 is 14.7 Å². The third-order valence-corrected chi connectivity index (χ3v) is 3.36. The molecule has 2 N–H and O–H groups in total. The lowest BCUT2D eigenvalue weighted by molar-refractivity contribution is -0.137. The van der Waals surface area contributed by atoms with E-state index in [1.165, 1.54) is 6.42 Å². The average molecular weight is 256 g/mol. The maximum atomic E-state index is 12.1. The summed E-state index contributed by atoms with van der Waals surface area (Å²) >= 11 is 0. The van der Waals surface area contributed by atoms with Gasteiger partial charge in [-0.3, -0.25) is 4.79 Å². The van der Waals surface area contributed by atoms with Crippen LogP contribution in [0.5, 0.6) is 0 Å². The number of hydrogen-bond acceptors (Lipinski definition) is 2. The highest BCUT2D eigenvalue weighted by Crippen LogP contribution is 2.20. The molecule has 0 aliphatic carbocycles. The number of urea groups is 1. The molecule has 0 aromatic heterocycles. The first kappa shape index (κ1) is 14.8. The number of carbonyl (C=O) groups excluding carboxylic acids is 1. The number of likely N-dealkylation sites (tertiary alicyclic amines) is 1. The van der Waals surface area contributed by atoms with Crippen LogP contribution in [0, 0.1) is 0 Å². The number of rotatable bonds is 5. The molecule has 5 heteroatoms. The summed E-state index contributed by atoms with van der Waals surface area (Å²) in [6.45, 7) is 4.64. The minimum atomic E-state index is -0.883. The van der Waals surface area contributed by atoms with Crippen LogP contribution in [0.4, 0.5) is 4.79 Å². The number of aliphatic carboxylic acids is 1. The minimum absolute atomic E-state index is 0.0297. The van der Waals surface area contributed by atoms with Crippen LogP contribution in [0.1, 0.15) is 52.4 Å². The van der Waals surface area contributed by atoms with E-state index >= 15 is 0 Å². The fourth-order valence-electron chi connectivity index (χ4n) is 2.51. The van der Waals surface area contributed by atoms with E-state index in [-0.39, 0.29) is 18.5 Å². The maximum Gasteiger partial charge on any atom is 0.317 e. The van der Waals surface area contributed by atoms with Crippen LogP contribution in [-0.4, -0.2) is 40.6 Å².